The van der Waals surface area contributed by atoms with Crippen LogP contribution >= 0.6 is 11.3 Å². The van der Waals surface area contributed by atoms with Gasteiger partial charge in [-0.15, -0.1) is 11.3 Å². The van der Waals surface area contributed by atoms with Crippen molar-refractivity contribution in [2.24, 2.45) is 0 Å². The van der Waals surface area contributed by atoms with E-state index >= 15 is 0 Å². The molecular formula is C22H26N4O3S. The van der Waals surface area contributed by atoms with Gasteiger partial charge >= 0.3 is 0 Å². The number of hydrogen-bond acceptors (Lipinski definition) is 6. The molecule has 1 fully saturated rings. The van der Waals surface area contributed by atoms with Crippen LogP contribution in [0.2, 0.25) is 0 Å². The quantitative estimate of drug-likeness (QED) is 0.567. The molecule has 0 aliphatic carbocycles. The Morgan fingerprint density at radius 3 is 2.53 bits per heavy atom. The Bertz CT molecular complexity index is 1060. The minimum absolute atomic E-state index is 0.0177. The third-order valence-electron chi connectivity index (χ3n) is 5.66. The molecule has 3 aromatic heterocycles. The van der Waals surface area contributed by atoms with E-state index in [4.69, 9.17) is 4.74 Å². The first-order chi connectivity index (χ1) is 14.5. The zero-order chi connectivity index (χ0) is 21.3. The summed E-state index contributed by atoms with van der Waals surface area (Å²) in [6.07, 6.45) is 1.56. The van der Waals surface area contributed by atoms with E-state index in [9.17, 15) is 9.59 Å². The number of ether oxygens (including phenoxy) is 1. The maximum absolute atomic E-state index is 12.9. The number of aromatic nitrogens is 2. The number of pyridine rings is 1. The summed E-state index contributed by atoms with van der Waals surface area (Å²) in [5, 5.41) is 1.10. The lowest BCUT2D eigenvalue weighted by atomic mass is 10.1. The Hall–Kier alpha value is -2.71. The van der Waals surface area contributed by atoms with Crippen LogP contribution in [-0.2, 0) is 11.3 Å². The van der Waals surface area contributed by atoms with Crippen molar-refractivity contribution in [2.45, 2.75) is 20.4 Å². The van der Waals surface area contributed by atoms with Gasteiger partial charge in [0.1, 0.15) is 4.83 Å². The van der Waals surface area contributed by atoms with Crippen molar-refractivity contribution in [1.82, 2.24) is 19.4 Å². The molecule has 7 nitrogen and oxygen atoms in total. The van der Waals surface area contributed by atoms with E-state index < -0.39 is 0 Å². The lowest BCUT2D eigenvalue weighted by molar-refractivity contribution is -0.130. The molecule has 1 saturated heterocycles. The number of hydrogen-bond donors (Lipinski definition) is 0. The third kappa shape index (κ3) is 4.11. The SMILES string of the molecule is COc1ccc(C(=O)c2cc3cc(C)n(CCN4CCN(C(C)=O)CC4)c3s2)cn1. The van der Waals surface area contributed by atoms with Crippen LogP contribution in [0, 0.1) is 6.92 Å². The molecule has 0 atom stereocenters. The average molecular weight is 427 g/mol. The lowest BCUT2D eigenvalue weighted by Gasteiger charge is -2.34. The molecule has 4 rings (SSSR count). The van der Waals surface area contributed by atoms with Gasteiger partial charge in [0.15, 0.2) is 0 Å². The van der Waals surface area contributed by atoms with Crippen molar-refractivity contribution in [3.8, 4) is 5.88 Å². The summed E-state index contributed by atoms with van der Waals surface area (Å²) in [5.41, 5.74) is 1.76. The molecule has 1 aliphatic rings. The van der Waals surface area contributed by atoms with Crippen LogP contribution in [-0.4, -0.2) is 70.9 Å². The molecule has 30 heavy (non-hydrogen) atoms. The van der Waals surface area contributed by atoms with Crippen molar-refractivity contribution in [2.75, 3.05) is 39.8 Å². The van der Waals surface area contributed by atoms with Crippen LogP contribution in [0.5, 0.6) is 5.88 Å². The number of rotatable bonds is 6. The monoisotopic (exact) mass is 426 g/mol. The number of nitrogens with zero attached hydrogens (tertiary/aromatic N) is 4. The second kappa shape index (κ2) is 8.57. The van der Waals surface area contributed by atoms with E-state index in [0.717, 1.165) is 54.4 Å². The van der Waals surface area contributed by atoms with Crippen LogP contribution in [0.1, 0.15) is 27.9 Å². The lowest BCUT2D eigenvalue weighted by Crippen LogP contribution is -2.48. The molecule has 0 radical (unpaired) electrons. The van der Waals surface area contributed by atoms with E-state index in [-0.39, 0.29) is 11.7 Å². The van der Waals surface area contributed by atoms with Gasteiger partial charge in [-0.3, -0.25) is 14.5 Å². The molecule has 0 unspecified atom stereocenters. The number of ketones is 1. The zero-order valence-corrected chi connectivity index (χ0v) is 18.4. The highest BCUT2D eigenvalue weighted by Crippen LogP contribution is 2.30. The molecule has 3 aromatic rings. The maximum atomic E-state index is 12.9. The summed E-state index contributed by atoms with van der Waals surface area (Å²) in [4.78, 5) is 34.7. The Balaban J connectivity index is 1.47. The number of amides is 1. The second-order valence-corrected chi connectivity index (χ2v) is 8.61. The van der Waals surface area contributed by atoms with Crippen molar-refractivity contribution in [3.63, 3.8) is 0 Å². The van der Waals surface area contributed by atoms with Gasteiger partial charge in [-0.05, 0) is 25.1 Å². The van der Waals surface area contributed by atoms with Gasteiger partial charge < -0.3 is 14.2 Å². The van der Waals surface area contributed by atoms with Gasteiger partial charge in [0.05, 0.1) is 12.0 Å². The number of fused-ring (bicyclic) bond motifs is 1. The Kier molecular flexibility index (Phi) is 5.87. The minimum Gasteiger partial charge on any atom is -0.481 e. The number of carbonyl (C=O) groups is 2. The number of methoxy groups -OCH3 is 1. The van der Waals surface area contributed by atoms with E-state index in [1.807, 2.05) is 11.0 Å². The van der Waals surface area contributed by atoms with Crippen LogP contribution in [0.3, 0.4) is 0 Å². The first-order valence-corrected chi connectivity index (χ1v) is 10.9. The minimum atomic E-state index is -0.0177. The maximum Gasteiger partial charge on any atom is 0.219 e. The largest absolute Gasteiger partial charge is 0.481 e. The smallest absolute Gasteiger partial charge is 0.219 e. The summed E-state index contributed by atoms with van der Waals surface area (Å²) in [5.74, 6) is 0.630. The van der Waals surface area contributed by atoms with Crippen LogP contribution < -0.4 is 4.74 Å². The normalized spacial score (nSPS) is 15.0. The Morgan fingerprint density at radius 2 is 1.90 bits per heavy atom. The molecule has 0 N–H and O–H groups in total. The third-order valence-corrected chi connectivity index (χ3v) is 6.84. The number of thiophene rings is 1. The van der Waals surface area contributed by atoms with Gasteiger partial charge in [0, 0.05) is 75.1 Å². The molecule has 0 spiro atoms. The molecular weight excluding hydrogens is 400 g/mol. The molecule has 158 valence electrons. The van der Waals surface area contributed by atoms with Gasteiger partial charge in [-0.2, -0.15) is 0 Å². The van der Waals surface area contributed by atoms with Crippen LogP contribution in [0.15, 0.2) is 30.5 Å². The van der Waals surface area contributed by atoms with Gasteiger partial charge in [0.25, 0.3) is 0 Å². The van der Waals surface area contributed by atoms with Gasteiger partial charge in [-0.1, -0.05) is 0 Å². The Labute approximate surface area is 179 Å². The topological polar surface area (TPSA) is 67.7 Å². The van der Waals surface area contributed by atoms with Crippen LogP contribution in [0.4, 0.5) is 0 Å². The van der Waals surface area contributed by atoms with Gasteiger partial charge in [-0.25, -0.2) is 4.98 Å². The molecule has 0 saturated carbocycles. The van der Waals surface area contributed by atoms with Crippen molar-refractivity contribution in [3.05, 3.63) is 46.6 Å². The summed E-state index contributed by atoms with van der Waals surface area (Å²) < 4.78 is 7.36. The van der Waals surface area contributed by atoms with E-state index in [1.165, 1.54) is 17.0 Å². The summed E-state index contributed by atoms with van der Waals surface area (Å²) >= 11 is 1.53. The number of carbonyl (C=O) groups excluding carboxylic acids is 2. The molecule has 1 aliphatic heterocycles. The number of aryl methyl sites for hydroxylation is 1. The van der Waals surface area contributed by atoms with E-state index in [0.29, 0.717) is 11.4 Å². The first kappa shape index (κ1) is 20.6. The fraction of sp³-hybridized carbons (Fsp3) is 0.409. The first-order valence-electron chi connectivity index (χ1n) is 10.1. The predicted molar refractivity (Wildman–Crippen MR) is 117 cm³/mol. The standard InChI is InChI=1S/C22H26N4O3S/c1-15-12-18-13-19(21(28)17-4-5-20(29-3)23-14-17)30-22(18)26(15)11-8-24-6-9-25(10-7-24)16(2)27/h4-5,12-14H,6-11H2,1-3H3. The highest BCUT2D eigenvalue weighted by atomic mass is 32.1. The second-order valence-electron chi connectivity index (χ2n) is 7.57. The van der Waals surface area contributed by atoms with Crippen molar-refractivity contribution >= 4 is 33.2 Å². The Morgan fingerprint density at radius 1 is 1.13 bits per heavy atom. The van der Waals surface area contributed by atoms with Crippen LogP contribution in [0.25, 0.3) is 10.2 Å². The summed E-state index contributed by atoms with van der Waals surface area (Å²) in [6.45, 7) is 8.94. The fourth-order valence-corrected chi connectivity index (χ4v) is 5.05. The molecule has 0 bridgehead atoms. The average Bonchev–Trinajstić information content (AvgIpc) is 3.29. The predicted octanol–water partition coefficient (Wildman–Crippen LogP) is 2.81. The molecule has 8 heteroatoms. The van der Waals surface area contributed by atoms with Crippen molar-refractivity contribution in [1.29, 1.82) is 0 Å². The highest BCUT2D eigenvalue weighted by molar-refractivity contribution is 7.20. The number of piperazine rings is 1. The summed E-state index contributed by atoms with van der Waals surface area (Å²) in [7, 11) is 1.56. The van der Waals surface area contributed by atoms with Crippen molar-refractivity contribution < 1.29 is 14.3 Å². The summed E-state index contributed by atoms with van der Waals surface area (Å²) in [6, 6.07) is 7.57. The van der Waals surface area contributed by atoms with Gasteiger partial charge in [0.2, 0.25) is 17.6 Å². The molecule has 1 amide bonds. The van der Waals surface area contributed by atoms with E-state index in [2.05, 4.69) is 27.4 Å². The fourth-order valence-electron chi connectivity index (χ4n) is 3.87. The molecule has 0 aromatic carbocycles. The zero-order valence-electron chi connectivity index (χ0n) is 17.6. The highest BCUT2D eigenvalue weighted by Gasteiger charge is 2.20. The van der Waals surface area contributed by atoms with E-state index in [1.54, 1.807) is 32.4 Å². The molecule has 4 heterocycles.